The van der Waals surface area contributed by atoms with Gasteiger partial charge in [0.1, 0.15) is 0 Å². The second-order valence-corrected chi connectivity index (χ2v) is 5.72. The first-order valence-corrected chi connectivity index (χ1v) is 7.98. The molecule has 1 aromatic carbocycles. The Morgan fingerprint density at radius 1 is 1.50 bits per heavy atom. The van der Waals surface area contributed by atoms with Crippen LogP contribution in [-0.2, 0) is 9.63 Å². The fourth-order valence-corrected chi connectivity index (χ4v) is 2.69. The van der Waals surface area contributed by atoms with Gasteiger partial charge in [-0.05, 0) is 43.6 Å². The Morgan fingerprint density at radius 3 is 3.00 bits per heavy atom. The molecule has 1 heterocycles. The number of nitrogens with zero attached hydrogens (tertiary/aromatic N) is 2. The zero-order valence-electron chi connectivity index (χ0n) is 12.8. The molecule has 1 saturated heterocycles. The highest BCUT2D eigenvalue weighted by molar-refractivity contribution is 6.30. The SMILES string of the molecule is CCN1CCC[C@H]1CNC(=O)CO/N=C/c1ccc(Cl)cc1. The minimum absolute atomic E-state index is 0.0665. The Kier molecular flexibility index (Phi) is 6.68. The molecule has 1 aromatic rings. The number of carbonyl (C=O) groups is 1. The van der Waals surface area contributed by atoms with Gasteiger partial charge < -0.3 is 10.2 Å². The maximum atomic E-state index is 11.7. The number of likely N-dealkylation sites (N-methyl/N-ethyl adjacent to an activating group) is 1. The van der Waals surface area contributed by atoms with Gasteiger partial charge in [-0.25, -0.2) is 0 Å². The molecule has 2 rings (SSSR count). The summed E-state index contributed by atoms with van der Waals surface area (Å²) < 4.78 is 0. The average Bonchev–Trinajstić information content (AvgIpc) is 2.99. The van der Waals surface area contributed by atoms with Crippen LogP contribution in [0.3, 0.4) is 0 Å². The Morgan fingerprint density at radius 2 is 2.27 bits per heavy atom. The molecule has 0 spiro atoms. The first kappa shape index (κ1) is 16.8. The van der Waals surface area contributed by atoms with E-state index < -0.39 is 0 Å². The van der Waals surface area contributed by atoms with E-state index in [9.17, 15) is 4.79 Å². The highest BCUT2D eigenvalue weighted by Gasteiger charge is 2.22. The zero-order valence-corrected chi connectivity index (χ0v) is 13.6. The van der Waals surface area contributed by atoms with Crippen LogP contribution in [0.15, 0.2) is 29.4 Å². The number of hydrogen-bond donors (Lipinski definition) is 1. The number of nitrogens with one attached hydrogen (secondary N) is 1. The van der Waals surface area contributed by atoms with Crippen molar-refractivity contribution in [2.24, 2.45) is 5.16 Å². The molecule has 1 atom stereocenters. The molecule has 1 aliphatic heterocycles. The van der Waals surface area contributed by atoms with Gasteiger partial charge in [0.15, 0.2) is 6.61 Å². The van der Waals surface area contributed by atoms with E-state index in [4.69, 9.17) is 16.4 Å². The number of hydrogen-bond acceptors (Lipinski definition) is 4. The lowest BCUT2D eigenvalue weighted by atomic mass is 10.2. The van der Waals surface area contributed by atoms with Crippen molar-refractivity contribution in [3.63, 3.8) is 0 Å². The van der Waals surface area contributed by atoms with Crippen molar-refractivity contribution in [3.8, 4) is 0 Å². The molecule has 0 bridgehead atoms. The van der Waals surface area contributed by atoms with Crippen molar-refractivity contribution in [2.75, 3.05) is 26.2 Å². The second-order valence-electron chi connectivity index (χ2n) is 5.29. The van der Waals surface area contributed by atoms with Crippen LogP contribution in [0.5, 0.6) is 0 Å². The summed E-state index contributed by atoms with van der Waals surface area (Å²) in [4.78, 5) is 19.1. The minimum Gasteiger partial charge on any atom is -0.386 e. The fraction of sp³-hybridized carbons (Fsp3) is 0.500. The largest absolute Gasteiger partial charge is 0.386 e. The highest BCUT2D eigenvalue weighted by atomic mass is 35.5. The molecule has 5 nitrogen and oxygen atoms in total. The van der Waals surface area contributed by atoms with Crippen molar-refractivity contribution in [1.82, 2.24) is 10.2 Å². The van der Waals surface area contributed by atoms with E-state index in [1.807, 2.05) is 12.1 Å². The van der Waals surface area contributed by atoms with Crippen molar-refractivity contribution in [1.29, 1.82) is 0 Å². The Labute approximate surface area is 136 Å². The second kappa shape index (κ2) is 8.76. The van der Waals surface area contributed by atoms with Crippen molar-refractivity contribution >= 4 is 23.7 Å². The van der Waals surface area contributed by atoms with Gasteiger partial charge in [-0.1, -0.05) is 35.8 Å². The maximum Gasteiger partial charge on any atom is 0.260 e. The molecular weight excluding hydrogens is 302 g/mol. The predicted octanol–water partition coefficient (Wildman–Crippen LogP) is 2.29. The standard InChI is InChI=1S/C16H22ClN3O2/c1-2-20-9-3-4-15(20)11-18-16(21)12-22-19-10-13-5-7-14(17)8-6-13/h5-8,10,15H,2-4,9,11-12H2,1H3,(H,18,21)/b19-10+/t15-/m0/s1. The highest BCUT2D eigenvalue weighted by Crippen LogP contribution is 2.15. The van der Waals surface area contributed by atoms with E-state index in [1.54, 1.807) is 18.3 Å². The van der Waals surface area contributed by atoms with Crippen LogP contribution in [-0.4, -0.2) is 49.3 Å². The van der Waals surface area contributed by atoms with Gasteiger partial charge in [-0.2, -0.15) is 0 Å². The van der Waals surface area contributed by atoms with Crippen molar-refractivity contribution in [3.05, 3.63) is 34.9 Å². The van der Waals surface area contributed by atoms with E-state index >= 15 is 0 Å². The number of carbonyl (C=O) groups excluding carboxylic acids is 1. The predicted molar refractivity (Wildman–Crippen MR) is 88.3 cm³/mol. The summed E-state index contributed by atoms with van der Waals surface area (Å²) in [6, 6.07) is 7.66. The molecule has 22 heavy (non-hydrogen) atoms. The van der Waals surface area contributed by atoms with Gasteiger partial charge in [0.25, 0.3) is 5.91 Å². The van der Waals surface area contributed by atoms with Crippen LogP contribution in [0.2, 0.25) is 5.02 Å². The smallest absolute Gasteiger partial charge is 0.260 e. The lowest BCUT2D eigenvalue weighted by Gasteiger charge is -2.22. The zero-order chi connectivity index (χ0) is 15.8. The maximum absolute atomic E-state index is 11.7. The quantitative estimate of drug-likeness (QED) is 0.619. The number of amides is 1. The summed E-state index contributed by atoms with van der Waals surface area (Å²) in [5.74, 6) is -0.142. The van der Waals surface area contributed by atoms with Gasteiger partial charge in [0.05, 0.1) is 6.21 Å². The fourth-order valence-electron chi connectivity index (χ4n) is 2.57. The molecular formula is C16H22ClN3O2. The molecule has 1 aliphatic rings. The molecule has 0 radical (unpaired) electrons. The number of oxime groups is 1. The molecule has 1 fully saturated rings. The van der Waals surface area contributed by atoms with Gasteiger partial charge in [-0.3, -0.25) is 9.69 Å². The normalized spacial score (nSPS) is 18.7. The molecule has 0 unspecified atom stereocenters. The van der Waals surface area contributed by atoms with Crippen LogP contribution < -0.4 is 5.32 Å². The number of likely N-dealkylation sites (tertiary alicyclic amines) is 1. The lowest BCUT2D eigenvalue weighted by molar-refractivity contribution is -0.125. The third-order valence-electron chi connectivity index (χ3n) is 3.78. The van der Waals surface area contributed by atoms with Crippen LogP contribution in [0, 0.1) is 0 Å². The van der Waals surface area contributed by atoms with Crippen molar-refractivity contribution < 1.29 is 9.63 Å². The van der Waals surface area contributed by atoms with E-state index in [1.165, 1.54) is 6.42 Å². The third kappa shape index (κ3) is 5.31. The molecule has 6 heteroatoms. The van der Waals surface area contributed by atoms with Gasteiger partial charge in [0, 0.05) is 17.6 Å². The van der Waals surface area contributed by atoms with Crippen LogP contribution in [0.25, 0.3) is 0 Å². The van der Waals surface area contributed by atoms with Crippen LogP contribution >= 0.6 is 11.6 Å². The Balaban J connectivity index is 1.64. The summed E-state index contributed by atoms with van der Waals surface area (Å²) in [6.45, 7) is 4.91. The Hall–Kier alpha value is -1.59. The third-order valence-corrected chi connectivity index (χ3v) is 4.03. The monoisotopic (exact) mass is 323 g/mol. The molecule has 120 valence electrons. The first-order chi connectivity index (χ1) is 10.7. The van der Waals surface area contributed by atoms with Crippen molar-refractivity contribution in [2.45, 2.75) is 25.8 Å². The van der Waals surface area contributed by atoms with Gasteiger partial charge >= 0.3 is 0 Å². The van der Waals surface area contributed by atoms with Crippen LogP contribution in [0.1, 0.15) is 25.3 Å². The summed E-state index contributed by atoms with van der Waals surface area (Å²) in [7, 11) is 0. The molecule has 0 aliphatic carbocycles. The van der Waals surface area contributed by atoms with Crippen LogP contribution in [0.4, 0.5) is 0 Å². The topological polar surface area (TPSA) is 53.9 Å². The van der Waals surface area contributed by atoms with E-state index in [-0.39, 0.29) is 12.5 Å². The molecule has 1 amide bonds. The number of rotatable bonds is 7. The average molecular weight is 324 g/mol. The lowest BCUT2D eigenvalue weighted by Crippen LogP contribution is -2.41. The first-order valence-electron chi connectivity index (χ1n) is 7.60. The molecule has 0 saturated carbocycles. The number of benzene rings is 1. The van der Waals surface area contributed by atoms with Gasteiger partial charge in [-0.15, -0.1) is 0 Å². The molecule has 0 aromatic heterocycles. The number of halogens is 1. The summed E-state index contributed by atoms with van der Waals surface area (Å²) in [5, 5.41) is 7.35. The summed E-state index contributed by atoms with van der Waals surface area (Å²) >= 11 is 5.79. The van der Waals surface area contributed by atoms with E-state index in [2.05, 4.69) is 22.3 Å². The van der Waals surface area contributed by atoms with E-state index in [0.29, 0.717) is 17.6 Å². The minimum atomic E-state index is -0.142. The van der Waals surface area contributed by atoms with E-state index in [0.717, 1.165) is 25.1 Å². The summed E-state index contributed by atoms with van der Waals surface area (Å²) in [5.41, 5.74) is 0.870. The molecule has 1 N–H and O–H groups in total. The van der Waals surface area contributed by atoms with Gasteiger partial charge in [0.2, 0.25) is 0 Å². The Bertz CT molecular complexity index is 505. The summed E-state index contributed by atoms with van der Waals surface area (Å²) in [6.07, 6.45) is 3.90.